The molecule has 1 aliphatic rings. The van der Waals surface area contributed by atoms with Crippen molar-refractivity contribution in [3.8, 4) is 11.5 Å². The van der Waals surface area contributed by atoms with Gasteiger partial charge in [-0.2, -0.15) is 0 Å². The van der Waals surface area contributed by atoms with Gasteiger partial charge in [-0.05, 0) is 12.1 Å². The molecule has 1 fully saturated rings. The first-order valence-corrected chi connectivity index (χ1v) is 10.7. The van der Waals surface area contributed by atoms with E-state index in [2.05, 4.69) is 0 Å². The molecular weight excluding hydrogens is 454 g/mol. The number of ether oxygens (including phenoxy) is 7. The molecule has 1 aromatic carbocycles. The van der Waals surface area contributed by atoms with E-state index in [1.165, 1.54) is 27.0 Å². The highest BCUT2D eigenvalue weighted by Gasteiger charge is 2.47. The fourth-order valence-corrected chi connectivity index (χ4v) is 3.24. The molecule has 1 aliphatic heterocycles. The van der Waals surface area contributed by atoms with Gasteiger partial charge >= 0.3 is 17.9 Å². The summed E-state index contributed by atoms with van der Waals surface area (Å²) >= 11 is 0. The highest BCUT2D eigenvalue weighted by atomic mass is 16.7. The molecule has 0 unspecified atom stereocenters. The number of esters is 3. The standard InChI is InChI=1S/C22H31NO11/c1-13(25)31-18-11-19(21(27)28-3)34-22(20(18)32-14(2)26)33-17-10-16(5-4-15(17)12-24)30-9-8-29-7-6-23/h4-5,10,18-20,22,24H,6-9,11-12,23H2,1-3H3/t18-,19-,20+,22+/m0/s1. The van der Waals surface area contributed by atoms with Gasteiger partial charge in [0.15, 0.2) is 6.10 Å². The Morgan fingerprint density at radius 1 is 1.12 bits per heavy atom. The number of carbonyl (C=O) groups is 3. The number of aliphatic hydroxyl groups is 1. The fourth-order valence-electron chi connectivity index (χ4n) is 3.24. The van der Waals surface area contributed by atoms with Crippen molar-refractivity contribution in [1.82, 2.24) is 0 Å². The summed E-state index contributed by atoms with van der Waals surface area (Å²) < 4.78 is 37.9. The molecule has 190 valence electrons. The van der Waals surface area contributed by atoms with E-state index in [-0.39, 0.29) is 25.4 Å². The Balaban J connectivity index is 2.28. The molecular formula is C22H31NO11. The fraction of sp³-hybridized carbons (Fsp3) is 0.591. The van der Waals surface area contributed by atoms with E-state index >= 15 is 0 Å². The molecule has 0 radical (unpaired) electrons. The summed E-state index contributed by atoms with van der Waals surface area (Å²) in [6, 6.07) is 4.72. The number of carbonyl (C=O) groups excluding carboxylic acids is 3. The molecule has 0 amide bonds. The molecule has 34 heavy (non-hydrogen) atoms. The van der Waals surface area contributed by atoms with E-state index in [0.717, 1.165) is 0 Å². The Hall–Kier alpha value is -2.93. The lowest BCUT2D eigenvalue weighted by Crippen LogP contribution is -2.55. The Morgan fingerprint density at radius 2 is 1.85 bits per heavy atom. The second-order valence-corrected chi connectivity index (χ2v) is 7.27. The minimum Gasteiger partial charge on any atom is -0.491 e. The summed E-state index contributed by atoms with van der Waals surface area (Å²) in [7, 11) is 1.18. The van der Waals surface area contributed by atoms with Crippen molar-refractivity contribution in [2.75, 3.05) is 33.5 Å². The van der Waals surface area contributed by atoms with E-state index in [9.17, 15) is 19.5 Å². The molecule has 0 aliphatic carbocycles. The lowest BCUT2D eigenvalue weighted by atomic mass is 10.0. The van der Waals surface area contributed by atoms with Gasteiger partial charge in [-0.25, -0.2) is 4.79 Å². The van der Waals surface area contributed by atoms with Crippen LogP contribution in [0.2, 0.25) is 0 Å². The zero-order valence-electron chi connectivity index (χ0n) is 19.4. The summed E-state index contributed by atoms with van der Waals surface area (Å²) in [6.07, 6.45) is -4.85. The van der Waals surface area contributed by atoms with Gasteiger partial charge in [0.05, 0.1) is 26.9 Å². The zero-order chi connectivity index (χ0) is 25.1. The van der Waals surface area contributed by atoms with Crippen LogP contribution in [0, 0.1) is 0 Å². The van der Waals surface area contributed by atoms with Crippen LogP contribution < -0.4 is 15.2 Å². The number of hydrogen-bond acceptors (Lipinski definition) is 12. The maximum atomic E-state index is 12.2. The largest absolute Gasteiger partial charge is 0.491 e. The average molecular weight is 485 g/mol. The third-order valence-electron chi connectivity index (χ3n) is 4.67. The SMILES string of the molecule is COC(=O)[C@@H]1C[C@H](OC(C)=O)[C@@H](OC(C)=O)[C@H](Oc2cc(OCCOCCN)ccc2CO)O1. The molecule has 1 saturated heterocycles. The molecule has 0 spiro atoms. The van der Waals surface area contributed by atoms with Crippen LogP contribution in [-0.2, 0) is 44.7 Å². The number of nitrogens with two attached hydrogens (primary N) is 1. The van der Waals surface area contributed by atoms with Gasteiger partial charge in [-0.3, -0.25) is 9.59 Å². The van der Waals surface area contributed by atoms with Crippen LogP contribution in [0.5, 0.6) is 11.5 Å². The van der Waals surface area contributed by atoms with Crippen molar-refractivity contribution >= 4 is 17.9 Å². The monoisotopic (exact) mass is 485 g/mol. The highest BCUT2D eigenvalue weighted by molar-refractivity contribution is 5.75. The first kappa shape index (κ1) is 27.3. The number of hydrogen-bond donors (Lipinski definition) is 2. The van der Waals surface area contributed by atoms with E-state index in [1.54, 1.807) is 12.1 Å². The van der Waals surface area contributed by atoms with Crippen molar-refractivity contribution < 1.29 is 52.6 Å². The predicted octanol–water partition coefficient (Wildman–Crippen LogP) is 0.0632. The van der Waals surface area contributed by atoms with Gasteiger partial charge in [0, 0.05) is 38.4 Å². The number of benzene rings is 1. The van der Waals surface area contributed by atoms with Gasteiger partial charge in [0.2, 0.25) is 12.4 Å². The van der Waals surface area contributed by atoms with Crippen LogP contribution in [0.1, 0.15) is 25.8 Å². The molecule has 3 N–H and O–H groups in total. The Kier molecular flexibility index (Phi) is 11.0. The van der Waals surface area contributed by atoms with Gasteiger partial charge in [-0.1, -0.05) is 0 Å². The normalized spacial score (nSPS) is 21.9. The van der Waals surface area contributed by atoms with Crippen LogP contribution >= 0.6 is 0 Å². The maximum absolute atomic E-state index is 12.2. The summed E-state index contributed by atoms with van der Waals surface area (Å²) in [5, 5.41) is 9.75. The molecule has 0 bridgehead atoms. The van der Waals surface area contributed by atoms with Crippen LogP contribution in [0.25, 0.3) is 0 Å². The second kappa shape index (κ2) is 13.7. The van der Waals surface area contributed by atoms with Gasteiger partial charge in [0.25, 0.3) is 0 Å². The van der Waals surface area contributed by atoms with Gasteiger partial charge in [0.1, 0.15) is 24.2 Å². The van der Waals surface area contributed by atoms with Crippen molar-refractivity contribution in [3.63, 3.8) is 0 Å². The quantitative estimate of drug-likeness (QED) is 0.233. The minimum absolute atomic E-state index is 0.108. The molecule has 12 heteroatoms. The van der Waals surface area contributed by atoms with Gasteiger partial charge in [-0.15, -0.1) is 0 Å². The Bertz CT molecular complexity index is 831. The molecule has 0 saturated carbocycles. The van der Waals surface area contributed by atoms with Gasteiger partial charge < -0.3 is 44.0 Å². The van der Waals surface area contributed by atoms with Crippen LogP contribution in [0.15, 0.2) is 18.2 Å². The Labute approximate surface area is 197 Å². The number of methoxy groups -OCH3 is 1. The number of rotatable bonds is 12. The second-order valence-electron chi connectivity index (χ2n) is 7.27. The molecule has 2 rings (SSSR count). The molecule has 12 nitrogen and oxygen atoms in total. The molecule has 1 heterocycles. The van der Waals surface area contributed by atoms with Crippen molar-refractivity contribution in [2.45, 2.75) is 51.5 Å². The average Bonchev–Trinajstić information content (AvgIpc) is 2.79. The van der Waals surface area contributed by atoms with Crippen molar-refractivity contribution in [3.05, 3.63) is 23.8 Å². The van der Waals surface area contributed by atoms with Crippen molar-refractivity contribution in [1.29, 1.82) is 0 Å². The zero-order valence-corrected chi connectivity index (χ0v) is 19.4. The van der Waals surface area contributed by atoms with Crippen LogP contribution in [-0.4, -0.2) is 81.1 Å². The molecule has 4 atom stereocenters. The van der Waals surface area contributed by atoms with Crippen LogP contribution in [0.4, 0.5) is 0 Å². The van der Waals surface area contributed by atoms with Crippen molar-refractivity contribution in [2.24, 2.45) is 5.73 Å². The third-order valence-corrected chi connectivity index (χ3v) is 4.67. The van der Waals surface area contributed by atoms with E-state index < -0.39 is 42.5 Å². The predicted molar refractivity (Wildman–Crippen MR) is 115 cm³/mol. The summed E-state index contributed by atoms with van der Waals surface area (Å²) in [4.78, 5) is 35.5. The van der Waals surface area contributed by atoms with Crippen LogP contribution in [0.3, 0.4) is 0 Å². The van der Waals surface area contributed by atoms with E-state index in [0.29, 0.717) is 31.1 Å². The Morgan fingerprint density at radius 3 is 2.47 bits per heavy atom. The highest BCUT2D eigenvalue weighted by Crippen LogP contribution is 2.32. The summed E-state index contributed by atoms with van der Waals surface area (Å²) in [6.45, 7) is 3.35. The molecule has 0 aromatic heterocycles. The first-order valence-electron chi connectivity index (χ1n) is 10.7. The molecule has 1 aromatic rings. The maximum Gasteiger partial charge on any atom is 0.335 e. The topological polar surface area (TPSA) is 162 Å². The lowest BCUT2D eigenvalue weighted by molar-refractivity contribution is -0.251. The first-order chi connectivity index (χ1) is 16.3. The number of aliphatic hydroxyl groups excluding tert-OH is 1. The lowest BCUT2D eigenvalue weighted by Gasteiger charge is -2.39. The smallest absolute Gasteiger partial charge is 0.335 e. The third kappa shape index (κ3) is 8.13. The minimum atomic E-state index is -1.36. The van der Waals surface area contributed by atoms with E-state index in [1.807, 2.05) is 0 Å². The summed E-state index contributed by atoms with van der Waals surface area (Å²) in [5.74, 6) is -1.48. The van der Waals surface area contributed by atoms with E-state index in [4.69, 9.17) is 38.9 Å². The summed E-state index contributed by atoms with van der Waals surface area (Å²) in [5.41, 5.74) is 5.75.